The summed E-state index contributed by atoms with van der Waals surface area (Å²) >= 11 is 0. The summed E-state index contributed by atoms with van der Waals surface area (Å²) in [5, 5.41) is 25.8. The molecule has 0 fully saturated rings. The first-order valence-corrected chi connectivity index (χ1v) is 11.3. The minimum Gasteiger partial charge on any atom is -0.481 e. The van der Waals surface area contributed by atoms with Crippen molar-refractivity contribution in [3.05, 3.63) is 0 Å². The highest BCUT2D eigenvalue weighted by Gasteiger charge is 2.32. The molecule has 0 bridgehead atoms. The molecule has 190 valence electrons. The number of carboxylic acids is 2. The molecule has 11 heteroatoms. The second-order valence-corrected chi connectivity index (χ2v) is 9.49. The van der Waals surface area contributed by atoms with Crippen molar-refractivity contribution in [1.82, 2.24) is 16.0 Å². The van der Waals surface area contributed by atoms with Crippen LogP contribution in [-0.4, -0.2) is 64.0 Å². The minimum absolute atomic E-state index is 0.0194. The zero-order valence-corrected chi connectivity index (χ0v) is 20.4. The van der Waals surface area contributed by atoms with Gasteiger partial charge in [-0.2, -0.15) is 0 Å². The van der Waals surface area contributed by atoms with E-state index in [0.29, 0.717) is 0 Å². The van der Waals surface area contributed by atoms with E-state index < -0.39 is 53.8 Å². The van der Waals surface area contributed by atoms with Crippen molar-refractivity contribution in [2.24, 2.45) is 23.5 Å². The molecular weight excluding hydrogens is 432 g/mol. The maximum atomic E-state index is 12.9. The fourth-order valence-corrected chi connectivity index (χ4v) is 3.13. The third-order valence-corrected chi connectivity index (χ3v) is 4.91. The molecule has 33 heavy (non-hydrogen) atoms. The number of nitrogens with two attached hydrogens (primary N) is 1. The van der Waals surface area contributed by atoms with Gasteiger partial charge in [0.15, 0.2) is 0 Å². The van der Waals surface area contributed by atoms with E-state index in [-0.39, 0.29) is 43.4 Å². The quantitative estimate of drug-likeness (QED) is 0.198. The molecule has 0 heterocycles. The Labute approximate surface area is 195 Å². The summed E-state index contributed by atoms with van der Waals surface area (Å²) in [5.41, 5.74) is 5.73. The fraction of sp³-hybridized carbons (Fsp3) is 0.773. The van der Waals surface area contributed by atoms with Gasteiger partial charge in [-0.3, -0.25) is 19.2 Å². The second kappa shape index (κ2) is 14.5. The Morgan fingerprint density at radius 3 is 1.64 bits per heavy atom. The zero-order chi connectivity index (χ0) is 25.9. The zero-order valence-electron chi connectivity index (χ0n) is 20.4. The molecule has 0 aliphatic heterocycles. The normalized spacial score (nSPS) is 15.0. The molecule has 3 amide bonds. The predicted octanol–water partition coefficient (Wildman–Crippen LogP) is 0.466. The van der Waals surface area contributed by atoms with E-state index in [4.69, 9.17) is 10.8 Å². The van der Waals surface area contributed by atoms with Crippen molar-refractivity contribution < 1.29 is 34.2 Å². The van der Waals surface area contributed by atoms with Gasteiger partial charge in [0.05, 0.1) is 6.04 Å². The molecule has 4 unspecified atom stereocenters. The highest BCUT2D eigenvalue weighted by atomic mass is 16.4. The molecule has 0 saturated heterocycles. The molecule has 0 aromatic rings. The van der Waals surface area contributed by atoms with Crippen LogP contribution in [0.2, 0.25) is 0 Å². The average Bonchev–Trinajstić information content (AvgIpc) is 2.67. The molecule has 0 radical (unpaired) electrons. The van der Waals surface area contributed by atoms with Gasteiger partial charge in [0, 0.05) is 6.42 Å². The Morgan fingerprint density at radius 1 is 0.727 bits per heavy atom. The van der Waals surface area contributed by atoms with Crippen molar-refractivity contribution in [2.75, 3.05) is 0 Å². The number of hydrogen-bond acceptors (Lipinski definition) is 6. The Balaban J connectivity index is 5.40. The summed E-state index contributed by atoms with van der Waals surface area (Å²) in [7, 11) is 0. The van der Waals surface area contributed by atoms with E-state index in [9.17, 15) is 29.1 Å². The van der Waals surface area contributed by atoms with Gasteiger partial charge in [-0.05, 0) is 37.0 Å². The van der Waals surface area contributed by atoms with Crippen molar-refractivity contribution in [1.29, 1.82) is 0 Å². The Kier molecular flexibility index (Phi) is 13.3. The predicted molar refractivity (Wildman–Crippen MR) is 122 cm³/mol. The Hall–Kier alpha value is -2.69. The maximum Gasteiger partial charge on any atom is 0.326 e. The molecule has 0 spiro atoms. The minimum atomic E-state index is -1.16. The summed E-state index contributed by atoms with van der Waals surface area (Å²) < 4.78 is 0. The lowest BCUT2D eigenvalue weighted by Crippen LogP contribution is -2.58. The average molecular weight is 473 g/mol. The molecule has 0 rings (SSSR count). The third kappa shape index (κ3) is 12.2. The second-order valence-electron chi connectivity index (χ2n) is 9.49. The van der Waals surface area contributed by atoms with Crippen molar-refractivity contribution in [3.8, 4) is 0 Å². The van der Waals surface area contributed by atoms with Gasteiger partial charge in [-0.25, -0.2) is 4.79 Å². The molecular formula is C22H40N4O7. The van der Waals surface area contributed by atoms with E-state index in [0.717, 1.165) is 0 Å². The topological polar surface area (TPSA) is 188 Å². The lowest BCUT2D eigenvalue weighted by molar-refractivity contribution is -0.143. The number of carboxylic acid groups (broad SMARTS) is 2. The smallest absolute Gasteiger partial charge is 0.326 e. The summed E-state index contributed by atoms with van der Waals surface area (Å²) in [4.78, 5) is 60.3. The molecule has 7 N–H and O–H groups in total. The van der Waals surface area contributed by atoms with Gasteiger partial charge in [0.2, 0.25) is 17.7 Å². The first kappa shape index (κ1) is 30.3. The van der Waals surface area contributed by atoms with Crippen LogP contribution in [0.15, 0.2) is 0 Å². The lowest BCUT2D eigenvalue weighted by atomic mass is 9.98. The Morgan fingerprint density at radius 2 is 1.21 bits per heavy atom. The van der Waals surface area contributed by atoms with E-state index in [1.165, 1.54) is 0 Å². The summed E-state index contributed by atoms with van der Waals surface area (Å²) in [6.07, 6.45) is 0.133. The van der Waals surface area contributed by atoms with Crippen molar-refractivity contribution in [2.45, 2.75) is 91.4 Å². The highest BCUT2D eigenvalue weighted by molar-refractivity contribution is 5.94. The first-order chi connectivity index (χ1) is 15.1. The van der Waals surface area contributed by atoms with E-state index in [1.807, 2.05) is 27.7 Å². The van der Waals surface area contributed by atoms with Gasteiger partial charge in [0.25, 0.3) is 0 Å². The van der Waals surface area contributed by atoms with E-state index >= 15 is 0 Å². The summed E-state index contributed by atoms with van der Waals surface area (Å²) in [5.74, 6) is -4.43. The monoisotopic (exact) mass is 472 g/mol. The number of rotatable bonds is 15. The lowest BCUT2D eigenvalue weighted by Gasteiger charge is -2.28. The van der Waals surface area contributed by atoms with Crippen LogP contribution in [0.1, 0.15) is 67.2 Å². The molecule has 0 saturated carbocycles. The number of carbonyl (C=O) groups is 5. The number of carbonyl (C=O) groups excluding carboxylic acids is 3. The van der Waals surface area contributed by atoms with Crippen LogP contribution in [0.3, 0.4) is 0 Å². The maximum absolute atomic E-state index is 12.9. The largest absolute Gasteiger partial charge is 0.481 e. The van der Waals surface area contributed by atoms with E-state index in [2.05, 4.69) is 16.0 Å². The van der Waals surface area contributed by atoms with Gasteiger partial charge in [-0.1, -0.05) is 41.5 Å². The molecule has 4 atom stereocenters. The number of aliphatic carboxylic acids is 2. The molecule has 0 aromatic heterocycles. The van der Waals surface area contributed by atoms with Crippen LogP contribution < -0.4 is 21.7 Å². The van der Waals surface area contributed by atoms with Crippen LogP contribution in [0, 0.1) is 17.8 Å². The van der Waals surface area contributed by atoms with Crippen LogP contribution in [0.4, 0.5) is 0 Å². The third-order valence-electron chi connectivity index (χ3n) is 4.91. The number of nitrogens with one attached hydrogen (secondary N) is 3. The summed E-state index contributed by atoms with van der Waals surface area (Å²) in [6, 6.07) is -4.19. The number of hydrogen-bond donors (Lipinski definition) is 6. The Bertz CT molecular complexity index is 694. The van der Waals surface area contributed by atoms with Gasteiger partial charge >= 0.3 is 11.9 Å². The molecule has 0 aromatic carbocycles. The fourth-order valence-electron chi connectivity index (χ4n) is 3.13. The van der Waals surface area contributed by atoms with Gasteiger partial charge in [0.1, 0.15) is 18.1 Å². The van der Waals surface area contributed by atoms with Crippen LogP contribution in [0.5, 0.6) is 0 Å². The molecule has 0 aliphatic rings. The van der Waals surface area contributed by atoms with Gasteiger partial charge < -0.3 is 31.9 Å². The molecule has 11 nitrogen and oxygen atoms in total. The van der Waals surface area contributed by atoms with Crippen LogP contribution in [0.25, 0.3) is 0 Å². The first-order valence-electron chi connectivity index (χ1n) is 11.3. The van der Waals surface area contributed by atoms with Crippen LogP contribution >= 0.6 is 0 Å². The number of amides is 3. The standard InChI is InChI=1S/C22H40N4O7/c1-11(2)9-15(20(30)25-16(22(32)33)10-12(3)4)24-21(31)18(13(5)6)26-19(29)14(23)7-8-17(27)28/h11-16,18H,7-10,23H2,1-6H3,(H,24,31)(H,25,30)(H,26,29)(H,27,28)(H,32,33). The van der Waals surface area contributed by atoms with Gasteiger partial charge in [-0.15, -0.1) is 0 Å². The summed E-state index contributed by atoms with van der Waals surface area (Å²) in [6.45, 7) is 10.8. The highest BCUT2D eigenvalue weighted by Crippen LogP contribution is 2.11. The van der Waals surface area contributed by atoms with Crippen molar-refractivity contribution >= 4 is 29.7 Å². The molecule has 0 aliphatic carbocycles. The SMILES string of the molecule is CC(C)CC(NC(=O)C(CC(C)C)NC(=O)C(NC(=O)C(N)CCC(=O)O)C(C)C)C(=O)O. The van der Waals surface area contributed by atoms with Crippen molar-refractivity contribution in [3.63, 3.8) is 0 Å². The van der Waals surface area contributed by atoms with E-state index in [1.54, 1.807) is 13.8 Å². The van der Waals surface area contributed by atoms with Crippen LogP contribution in [-0.2, 0) is 24.0 Å².